The number of methoxy groups -OCH3 is 2. The second-order valence-electron chi connectivity index (χ2n) is 2.51. The van der Waals surface area contributed by atoms with E-state index in [-0.39, 0.29) is 36.7 Å². The lowest BCUT2D eigenvalue weighted by atomic mass is 10.5. The predicted molar refractivity (Wildman–Crippen MR) is 52.1 cm³/mol. The van der Waals surface area contributed by atoms with E-state index in [0.29, 0.717) is 0 Å². The fourth-order valence-electron chi connectivity index (χ4n) is 0.923. The van der Waals surface area contributed by atoms with Crippen LogP contribution < -0.4 is 19.9 Å². The summed E-state index contributed by atoms with van der Waals surface area (Å²) in [5, 5.41) is 8.57. The maximum atomic E-state index is 8.57. The Morgan fingerprint density at radius 3 is 2.13 bits per heavy atom. The highest BCUT2D eigenvalue weighted by molar-refractivity contribution is 5.56. The van der Waals surface area contributed by atoms with Gasteiger partial charge in [-0.1, -0.05) is 0 Å². The first-order valence-electron chi connectivity index (χ1n) is 4.22. The number of aromatic nitrogens is 2. The van der Waals surface area contributed by atoms with Gasteiger partial charge in [-0.15, -0.1) is 0 Å². The van der Waals surface area contributed by atoms with Crippen LogP contribution >= 0.6 is 0 Å². The molecule has 0 radical (unpaired) electrons. The molecule has 0 aliphatic rings. The van der Waals surface area contributed by atoms with E-state index in [1.54, 1.807) is 0 Å². The number of hydrogen-bond donors (Lipinski definition) is 2. The maximum absolute atomic E-state index is 8.57. The smallest absolute Gasteiger partial charge is 0.323 e. The fourth-order valence-corrected chi connectivity index (χ4v) is 0.923. The van der Waals surface area contributed by atoms with Crippen molar-refractivity contribution in [2.24, 2.45) is 0 Å². The van der Waals surface area contributed by atoms with E-state index < -0.39 is 0 Å². The first-order valence-corrected chi connectivity index (χ1v) is 4.22. The molecule has 0 aliphatic heterocycles. The molecule has 7 nitrogen and oxygen atoms in total. The third-order valence-corrected chi connectivity index (χ3v) is 1.56. The van der Waals surface area contributed by atoms with Gasteiger partial charge in [0.05, 0.1) is 20.8 Å². The lowest BCUT2D eigenvalue weighted by Gasteiger charge is -2.09. The number of aliphatic hydroxyl groups is 1. The third kappa shape index (κ3) is 2.59. The van der Waals surface area contributed by atoms with E-state index in [2.05, 4.69) is 9.97 Å². The molecule has 0 atom stereocenters. The first-order chi connectivity index (χ1) is 7.22. The Balaban J connectivity index is 2.98. The van der Waals surface area contributed by atoms with Gasteiger partial charge < -0.3 is 25.1 Å². The van der Waals surface area contributed by atoms with Crippen LogP contribution in [0.4, 0.5) is 5.69 Å². The van der Waals surface area contributed by atoms with Crippen molar-refractivity contribution in [1.29, 1.82) is 0 Å². The van der Waals surface area contributed by atoms with Crippen LogP contribution in [0.5, 0.6) is 17.8 Å². The van der Waals surface area contributed by atoms with Crippen molar-refractivity contribution in [3.05, 3.63) is 0 Å². The molecule has 3 N–H and O–H groups in total. The zero-order chi connectivity index (χ0) is 11.3. The van der Waals surface area contributed by atoms with Crippen LogP contribution in [-0.2, 0) is 0 Å². The molecule has 1 rings (SSSR count). The number of nitrogens with two attached hydrogens (primary N) is 1. The van der Waals surface area contributed by atoms with Gasteiger partial charge in [0, 0.05) is 0 Å². The average molecular weight is 215 g/mol. The number of nitrogen functional groups attached to an aromatic ring is 1. The van der Waals surface area contributed by atoms with Gasteiger partial charge >= 0.3 is 6.01 Å². The molecule has 0 aliphatic carbocycles. The topological polar surface area (TPSA) is 99.7 Å². The van der Waals surface area contributed by atoms with Crippen LogP contribution in [0.15, 0.2) is 0 Å². The van der Waals surface area contributed by atoms with Crippen molar-refractivity contribution in [3.8, 4) is 17.8 Å². The summed E-state index contributed by atoms with van der Waals surface area (Å²) in [5.41, 5.74) is 5.83. The molecular weight excluding hydrogens is 202 g/mol. The Morgan fingerprint density at radius 2 is 1.73 bits per heavy atom. The van der Waals surface area contributed by atoms with Gasteiger partial charge in [0.25, 0.3) is 0 Å². The van der Waals surface area contributed by atoms with Gasteiger partial charge in [0.15, 0.2) is 5.69 Å². The van der Waals surface area contributed by atoms with Crippen LogP contribution in [0, 0.1) is 0 Å². The second kappa shape index (κ2) is 5.20. The molecule has 0 fully saturated rings. The van der Waals surface area contributed by atoms with Crippen molar-refractivity contribution in [2.45, 2.75) is 0 Å². The summed E-state index contributed by atoms with van der Waals surface area (Å²) in [5.74, 6) is 0.351. The van der Waals surface area contributed by atoms with Crippen LogP contribution in [0.25, 0.3) is 0 Å². The minimum absolute atomic E-state index is 0.0481. The average Bonchev–Trinajstić information content (AvgIpc) is 2.27. The standard InChI is InChI=1S/C8H13N3O4/c1-13-6-5(9)7(14-2)11-8(10-6)15-4-3-12/h12H,3-4,9H2,1-2H3. The Kier molecular flexibility index (Phi) is 3.92. The summed E-state index contributed by atoms with van der Waals surface area (Å²) in [7, 11) is 2.85. The minimum atomic E-state index is -0.127. The molecule has 1 heterocycles. The molecule has 0 unspecified atom stereocenters. The third-order valence-electron chi connectivity index (χ3n) is 1.56. The largest absolute Gasteiger partial charge is 0.479 e. The van der Waals surface area contributed by atoms with Crippen LogP contribution in [0.2, 0.25) is 0 Å². The summed E-state index contributed by atoms with van der Waals surface area (Å²) in [6.45, 7) is -0.0331. The van der Waals surface area contributed by atoms with Crippen LogP contribution in [0.1, 0.15) is 0 Å². The highest BCUT2D eigenvalue weighted by atomic mass is 16.5. The first kappa shape index (κ1) is 11.3. The van der Waals surface area contributed by atoms with Crippen LogP contribution in [0.3, 0.4) is 0 Å². The van der Waals surface area contributed by atoms with E-state index in [0.717, 1.165) is 0 Å². The zero-order valence-electron chi connectivity index (χ0n) is 8.56. The van der Waals surface area contributed by atoms with Gasteiger partial charge in [-0.25, -0.2) is 0 Å². The molecule has 0 saturated heterocycles. The van der Waals surface area contributed by atoms with E-state index in [1.807, 2.05) is 0 Å². The summed E-state index contributed by atoms with van der Waals surface area (Å²) < 4.78 is 14.8. The van der Waals surface area contributed by atoms with Crippen molar-refractivity contribution < 1.29 is 19.3 Å². The Labute approximate surface area is 86.8 Å². The zero-order valence-corrected chi connectivity index (χ0v) is 8.56. The Bertz CT molecular complexity index is 307. The highest BCUT2D eigenvalue weighted by Crippen LogP contribution is 2.29. The molecule has 1 aromatic heterocycles. The van der Waals surface area contributed by atoms with E-state index >= 15 is 0 Å². The van der Waals surface area contributed by atoms with Gasteiger partial charge in [-0.2, -0.15) is 9.97 Å². The van der Waals surface area contributed by atoms with Crippen molar-refractivity contribution in [2.75, 3.05) is 33.2 Å². The number of nitrogens with zero attached hydrogens (tertiary/aromatic N) is 2. The molecule has 0 aromatic carbocycles. The molecule has 0 saturated carbocycles. The minimum Gasteiger partial charge on any atom is -0.479 e. The summed E-state index contributed by atoms with van der Waals surface area (Å²) in [6.07, 6.45) is 0. The summed E-state index contributed by atoms with van der Waals surface area (Å²) >= 11 is 0. The molecule has 1 aromatic rings. The number of anilines is 1. The number of hydrogen-bond acceptors (Lipinski definition) is 7. The molecule has 84 valence electrons. The highest BCUT2D eigenvalue weighted by Gasteiger charge is 2.13. The summed E-state index contributed by atoms with van der Waals surface area (Å²) in [4.78, 5) is 7.73. The number of aliphatic hydroxyl groups excluding tert-OH is 1. The Hall–Kier alpha value is -1.76. The maximum Gasteiger partial charge on any atom is 0.323 e. The molecule has 0 amide bonds. The molecule has 0 spiro atoms. The number of ether oxygens (including phenoxy) is 3. The lowest BCUT2D eigenvalue weighted by Crippen LogP contribution is -2.08. The van der Waals surface area contributed by atoms with Gasteiger partial charge in [0.1, 0.15) is 6.61 Å². The van der Waals surface area contributed by atoms with E-state index in [1.165, 1.54) is 14.2 Å². The lowest BCUT2D eigenvalue weighted by molar-refractivity contribution is 0.188. The molecule has 0 bridgehead atoms. The van der Waals surface area contributed by atoms with Crippen molar-refractivity contribution in [1.82, 2.24) is 9.97 Å². The fraction of sp³-hybridized carbons (Fsp3) is 0.500. The quantitative estimate of drug-likeness (QED) is 0.679. The van der Waals surface area contributed by atoms with E-state index in [9.17, 15) is 0 Å². The SMILES string of the molecule is COc1nc(OCCO)nc(OC)c1N. The summed E-state index contributed by atoms with van der Waals surface area (Å²) in [6, 6.07) is 0.0481. The van der Waals surface area contributed by atoms with Gasteiger partial charge in [-0.05, 0) is 0 Å². The van der Waals surface area contributed by atoms with E-state index in [4.69, 9.17) is 25.1 Å². The van der Waals surface area contributed by atoms with Crippen LogP contribution in [-0.4, -0.2) is 42.5 Å². The molecule has 15 heavy (non-hydrogen) atoms. The van der Waals surface area contributed by atoms with Gasteiger partial charge in [-0.3, -0.25) is 0 Å². The molecular formula is C8H13N3O4. The predicted octanol–water partition coefficient (Wildman–Crippen LogP) is -0.553. The second-order valence-corrected chi connectivity index (χ2v) is 2.51. The van der Waals surface area contributed by atoms with Crippen molar-refractivity contribution >= 4 is 5.69 Å². The molecule has 7 heteroatoms. The normalized spacial score (nSPS) is 9.80. The number of rotatable bonds is 5. The Morgan fingerprint density at radius 1 is 1.20 bits per heavy atom. The monoisotopic (exact) mass is 215 g/mol. The van der Waals surface area contributed by atoms with Gasteiger partial charge in [0.2, 0.25) is 11.8 Å². The van der Waals surface area contributed by atoms with Crippen molar-refractivity contribution in [3.63, 3.8) is 0 Å².